The average molecular weight is 1050 g/mol. The minimum absolute atomic E-state index is 0.0566. The Morgan fingerprint density at radius 2 is 1.41 bits per heavy atom. The number of methoxy groups -OCH3 is 2. The Bertz CT molecular complexity index is 2640. The van der Waals surface area contributed by atoms with E-state index in [-0.39, 0.29) is 42.1 Å². The molecule has 1 amide bonds. The van der Waals surface area contributed by atoms with Crippen LogP contribution in [0.3, 0.4) is 0 Å². The summed E-state index contributed by atoms with van der Waals surface area (Å²) in [6, 6.07) is 35.3. The van der Waals surface area contributed by atoms with Crippen molar-refractivity contribution < 1.29 is 47.1 Å². The summed E-state index contributed by atoms with van der Waals surface area (Å²) in [6.45, 7) is 17.3. The zero-order chi connectivity index (χ0) is 52.8. The van der Waals surface area contributed by atoms with Gasteiger partial charge in [-0.1, -0.05) is 112 Å². The number of benzene rings is 4. The van der Waals surface area contributed by atoms with Crippen LogP contribution in [-0.4, -0.2) is 112 Å². The SMILES string of the molecule is CCC(=O)SCCOCCOP(O[C@H]1C[C@H](n2cnc3c(NC(=O)C(Oc4ccccc4)C(C)(C)C)ncnc32)O[C@@H]1COC(c1ccccc1)(c1ccc(OC)cc1)c1ccc(OC)cc1)N(C(C)C)C(C)C. The fraction of sp³-hybridized carbons (Fsp3) is 0.446. The molecule has 4 aromatic carbocycles. The predicted octanol–water partition coefficient (Wildman–Crippen LogP) is 11.0. The zero-order valence-corrected chi connectivity index (χ0v) is 45.8. The quantitative estimate of drug-likeness (QED) is 0.0309. The third kappa shape index (κ3) is 13.9. The van der Waals surface area contributed by atoms with E-state index in [1.165, 1.54) is 18.1 Å². The molecule has 5 atom stereocenters. The van der Waals surface area contributed by atoms with Crippen molar-refractivity contribution in [3.05, 3.63) is 139 Å². The van der Waals surface area contributed by atoms with Crippen molar-refractivity contribution in [1.82, 2.24) is 24.2 Å². The van der Waals surface area contributed by atoms with Gasteiger partial charge in [-0.25, -0.2) is 19.6 Å². The van der Waals surface area contributed by atoms with E-state index in [2.05, 4.69) is 59.8 Å². The number of aromatic nitrogens is 4. The lowest BCUT2D eigenvalue weighted by atomic mass is 9.80. The van der Waals surface area contributed by atoms with Gasteiger partial charge in [0.05, 0.1) is 53.1 Å². The molecule has 16 nitrogen and oxygen atoms in total. The van der Waals surface area contributed by atoms with Gasteiger partial charge in [-0.05, 0) is 80.8 Å². The number of nitrogens with zero attached hydrogens (tertiary/aromatic N) is 5. The molecule has 2 aromatic heterocycles. The lowest BCUT2D eigenvalue weighted by Gasteiger charge is -2.39. The van der Waals surface area contributed by atoms with E-state index in [1.54, 1.807) is 20.5 Å². The summed E-state index contributed by atoms with van der Waals surface area (Å²) in [6.07, 6.45) is 1.15. The maximum Gasteiger partial charge on any atom is 0.267 e. The van der Waals surface area contributed by atoms with E-state index in [0.29, 0.717) is 60.2 Å². The molecule has 6 aromatic rings. The molecule has 0 bridgehead atoms. The molecule has 0 spiro atoms. The fourth-order valence-electron chi connectivity index (χ4n) is 8.84. The second-order valence-corrected chi connectivity index (χ2v) is 21.9. The van der Waals surface area contributed by atoms with Crippen molar-refractivity contribution in [2.45, 2.75) is 110 Å². The van der Waals surface area contributed by atoms with E-state index >= 15 is 0 Å². The van der Waals surface area contributed by atoms with E-state index in [0.717, 1.165) is 16.7 Å². The molecule has 396 valence electrons. The summed E-state index contributed by atoms with van der Waals surface area (Å²) in [5.74, 6) is 2.42. The number of fused-ring (bicyclic) bond motifs is 1. The van der Waals surface area contributed by atoms with Gasteiger partial charge >= 0.3 is 0 Å². The minimum atomic E-state index is -1.70. The highest BCUT2D eigenvalue weighted by Gasteiger charge is 2.45. The van der Waals surface area contributed by atoms with Gasteiger partial charge in [0.25, 0.3) is 14.4 Å². The van der Waals surface area contributed by atoms with Crippen molar-refractivity contribution in [3.63, 3.8) is 0 Å². The van der Waals surface area contributed by atoms with E-state index in [1.807, 2.05) is 129 Å². The molecule has 1 N–H and O–H groups in total. The zero-order valence-electron chi connectivity index (χ0n) is 44.1. The standard InChI is InChI=1S/C56H71N6O10PS/c1-11-49(63)74-33-32-67-30-31-69-73(62(38(2)3)39(4)5)72-46-34-48(61-37-59-50-52(57-36-58-53(50)61)60-54(64)51(55(6,7)8)70-45-20-16-13-17-21-45)71-47(46)35-68-56(40-18-14-12-15-19-40,41-22-26-43(65-9)27-23-41)42-24-28-44(66-10)29-25-42/h12-29,36-39,46-48,51H,11,30-35H2,1-10H3,(H,57,58,60,64)/t46-,47+,48+,51?,73?/m0/s1. The molecule has 74 heavy (non-hydrogen) atoms. The lowest BCUT2D eigenvalue weighted by Crippen LogP contribution is -2.43. The van der Waals surface area contributed by atoms with Gasteiger partial charge in [0.1, 0.15) is 41.5 Å². The Labute approximate surface area is 441 Å². The molecular formula is C56H71N6O10PS. The number of ether oxygens (including phenoxy) is 6. The molecule has 18 heteroatoms. The predicted molar refractivity (Wildman–Crippen MR) is 289 cm³/mol. The van der Waals surface area contributed by atoms with Crippen molar-refractivity contribution in [2.75, 3.05) is 51.7 Å². The molecule has 0 saturated carbocycles. The minimum Gasteiger partial charge on any atom is -0.497 e. The number of thioether (sulfide) groups is 1. The number of imidazole rings is 1. The topological polar surface area (TPSA) is 167 Å². The van der Waals surface area contributed by atoms with Gasteiger partial charge in [0.15, 0.2) is 28.2 Å². The van der Waals surface area contributed by atoms with Gasteiger partial charge < -0.3 is 42.8 Å². The molecule has 7 rings (SSSR count). The second kappa shape index (κ2) is 26.3. The van der Waals surface area contributed by atoms with E-state index < -0.39 is 44.1 Å². The number of rotatable bonds is 26. The summed E-state index contributed by atoms with van der Waals surface area (Å²) in [4.78, 5) is 39.9. The van der Waals surface area contributed by atoms with Crippen LogP contribution in [0, 0.1) is 5.41 Å². The average Bonchev–Trinajstić information content (AvgIpc) is 4.02. The Morgan fingerprint density at radius 1 is 0.797 bits per heavy atom. The molecule has 1 aliphatic heterocycles. The van der Waals surface area contributed by atoms with Gasteiger partial charge in [0.2, 0.25) is 0 Å². The molecule has 0 radical (unpaired) electrons. The molecule has 0 aliphatic carbocycles. The maximum atomic E-state index is 14.1. The molecule has 3 heterocycles. The first-order chi connectivity index (χ1) is 35.7. The molecule has 2 unspecified atom stereocenters. The first-order valence-electron chi connectivity index (χ1n) is 25.1. The van der Waals surface area contributed by atoms with E-state index in [9.17, 15) is 9.59 Å². The van der Waals surface area contributed by atoms with Crippen molar-refractivity contribution in [3.8, 4) is 17.2 Å². The van der Waals surface area contributed by atoms with Crippen LogP contribution in [0.4, 0.5) is 5.82 Å². The first-order valence-corrected chi connectivity index (χ1v) is 27.2. The van der Waals surface area contributed by atoms with Crippen LogP contribution in [0.2, 0.25) is 0 Å². The van der Waals surface area contributed by atoms with Crippen LogP contribution in [0.5, 0.6) is 17.2 Å². The molecule has 1 saturated heterocycles. The van der Waals surface area contributed by atoms with Crippen molar-refractivity contribution in [1.29, 1.82) is 0 Å². The smallest absolute Gasteiger partial charge is 0.267 e. The normalized spacial score (nSPS) is 17.0. The lowest BCUT2D eigenvalue weighted by molar-refractivity contribution is -0.127. The summed E-state index contributed by atoms with van der Waals surface area (Å²) in [5.41, 5.74) is 1.74. The summed E-state index contributed by atoms with van der Waals surface area (Å²) in [7, 11) is 1.59. The monoisotopic (exact) mass is 1050 g/mol. The summed E-state index contributed by atoms with van der Waals surface area (Å²) in [5, 5.41) is 3.13. The van der Waals surface area contributed by atoms with Crippen molar-refractivity contribution >= 4 is 48.3 Å². The van der Waals surface area contributed by atoms with Gasteiger partial charge in [-0.3, -0.25) is 14.2 Å². The van der Waals surface area contributed by atoms with Gasteiger partial charge in [-0.2, -0.15) is 0 Å². The number of anilines is 1. The number of carbonyl (C=O) groups excluding carboxylic acids is 2. The molecule has 1 aliphatic rings. The van der Waals surface area contributed by atoms with Crippen molar-refractivity contribution in [2.24, 2.45) is 5.41 Å². The van der Waals surface area contributed by atoms with Crippen LogP contribution < -0.4 is 19.5 Å². The highest BCUT2D eigenvalue weighted by Crippen LogP contribution is 2.51. The van der Waals surface area contributed by atoms with Gasteiger partial charge in [-0.15, -0.1) is 0 Å². The molecule has 1 fully saturated rings. The summed E-state index contributed by atoms with van der Waals surface area (Å²) < 4.78 is 56.0. The van der Waals surface area contributed by atoms with Gasteiger partial charge in [0, 0.05) is 36.1 Å². The van der Waals surface area contributed by atoms with Crippen LogP contribution in [0.25, 0.3) is 11.2 Å². The number of nitrogens with one attached hydrogen (secondary N) is 1. The largest absolute Gasteiger partial charge is 0.497 e. The Hall–Kier alpha value is -5.49. The van der Waals surface area contributed by atoms with Crippen LogP contribution >= 0.6 is 20.3 Å². The van der Waals surface area contributed by atoms with Crippen LogP contribution in [0.15, 0.2) is 122 Å². The van der Waals surface area contributed by atoms with E-state index in [4.69, 9.17) is 42.5 Å². The number of para-hydroxylation sites is 1. The second-order valence-electron chi connectivity index (χ2n) is 19.4. The highest BCUT2D eigenvalue weighted by molar-refractivity contribution is 8.13. The first kappa shape index (κ1) is 56.2. The number of hydrogen-bond acceptors (Lipinski definition) is 15. The fourth-order valence-corrected chi connectivity index (χ4v) is 11.2. The number of hydrogen-bond donors (Lipinski definition) is 1. The van der Waals surface area contributed by atoms with Crippen LogP contribution in [-0.2, 0) is 38.4 Å². The highest BCUT2D eigenvalue weighted by atomic mass is 32.2. The Balaban J connectivity index is 1.24. The number of amides is 1. The number of carbonyl (C=O) groups is 2. The Morgan fingerprint density at radius 3 is 1.99 bits per heavy atom. The third-order valence-electron chi connectivity index (χ3n) is 12.4. The third-order valence-corrected chi connectivity index (χ3v) is 15.6. The maximum absolute atomic E-state index is 14.1. The van der Waals surface area contributed by atoms with Crippen LogP contribution in [0.1, 0.15) is 91.1 Å². The molecular weight excluding hydrogens is 980 g/mol. The summed E-state index contributed by atoms with van der Waals surface area (Å²) >= 11 is 1.28. The Kier molecular flexibility index (Phi) is 20.0.